The Morgan fingerprint density at radius 1 is 1.38 bits per heavy atom. The molecule has 0 aromatic heterocycles. The number of hydrogen-bond donors (Lipinski definition) is 0. The Morgan fingerprint density at radius 3 is 2.71 bits per heavy atom. The van der Waals surface area contributed by atoms with E-state index in [1.165, 1.54) is 16.4 Å². The van der Waals surface area contributed by atoms with Gasteiger partial charge >= 0.3 is 0 Å². The normalized spacial score (nSPS) is 19.9. The zero-order valence-electron chi connectivity index (χ0n) is 11.9. The van der Waals surface area contributed by atoms with Crippen LogP contribution in [0.2, 0.25) is 5.02 Å². The fraction of sp³-hybridized carbons (Fsp3) is 0.571. The van der Waals surface area contributed by atoms with Crippen LogP contribution in [0.5, 0.6) is 0 Å². The van der Waals surface area contributed by atoms with Crippen LogP contribution < -0.4 is 0 Å². The SMILES string of the molecule is CN(CC1CCCCO1)S(=O)(=O)c1ccc(CCl)c(Cl)c1. The van der Waals surface area contributed by atoms with Crippen LogP contribution in [0.1, 0.15) is 24.8 Å². The molecule has 1 unspecified atom stereocenters. The minimum Gasteiger partial charge on any atom is -0.377 e. The van der Waals surface area contributed by atoms with Crippen molar-refractivity contribution in [2.24, 2.45) is 0 Å². The molecule has 1 fully saturated rings. The fourth-order valence-corrected chi connectivity index (χ4v) is 4.16. The third-order valence-corrected chi connectivity index (χ3v) is 6.07. The highest BCUT2D eigenvalue weighted by Crippen LogP contribution is 2.25. The number of halogens is 2. The van der Waals surface area contributed by atoms with Crippen LogP contribution in [0.15, 0.2) is 23.1 Å². The monoisotopic (exact) mass is 351 g/mol. The van der Waals surface area contributed by atoms with Crippen LogP contribution in [0.3, 0.4) is 0 Å². The topological polar surface area (TPSA) is 46.6 Å². The average molecular weight is 352 g/mol. The fourth-order valence-electron chi connectivity index (χ4n) is 2.31. The highest BCUT2D eigenvalue weighted by molar-refractivity contribution is 7.89. The minimum absolute atomic E-state index is 0.0314. The Labute approximate surface area is 136 Å². The van der Waals surface area contributed by atoms with Crippen LogP contribution in [0.25, 0.3) is 0 Å². The standard InChI is InChI=1S/C14H19Cl2NO3S/c1-17(10-12-4-2-3-7-20-12)21(18,19)13-6-5-11(9-15)14(16)8-13/h5-6,8,12H,2-4,7,9-10H2,1H3. The summed E-state index contributed by atoms with van der Waals surface area (Å²) in [5, 5.41) is 0.369. The molecule has 0 spiro atoms. The molecule has 21 heavy (non-hydrogen) atoms. The van der Waals surface area contributed by atoms with Gasteiger partial charge in [0.2, 0.25) is 10.0 Å². The van der Waals surface area contributed by atoms with E-state index in [0.29, 0.717) is 18.2 Å². The van der Waals surface area contributed by atoms with Gasteiger partial charge in [0, 0.05) is 31.1 Å². The Hall–Kier alpha value is -0.330. The molecule has 1 aromatic rings. The summed E-state index contributed by atoms with van der Waals surface area (Å²) in [5.41, 5.74) is 0.718. The van der Waals surface area contributed by atoms with Crippen molar-refractivity contribution in [3.8, 4) is 0 Å². The van der Waals surface area contributed by atoms with E-state index in [4.69, 9.17) is 27.9 Å². The summed E-state index contributed by atoms with van der Waals surface area (Å²) in [7, 11) is -1.99. The molecule has 2 rings (SSSR count). The summed E-state index contributed by atoms with van der Waals surface area (Å²) >= 11 is 11.8. The molecular formula is C14H19Cl2NO3S. The van der Waals surface area contributed by atoms with Crippen LogP contribution in [-0.2, 0) is 20.6 Å². The molecule has 0 aliphatic carbocycles. The van der Waals surface area contributed by atoms with Gasteiger partial charge in [0.25, 0.3) is 0 Å². The maximum absolute atomic E-state index is 12.5. The van der Waals surface area contributed by atoms with Gasteiger partial charge in [-0.3, -0.25) is 0 Å². The van der Waals surface area contributed by atoms with E-state index in [9.17, 15) is 8.42 Å². The average Bonchev–Trinajstić information content (AvgIpc) is 2.48. The van der Waals surface area contributed by atoms with Gasteiger partial charge < -0.3 is 4.74 Å². The molecular weight excluding hydrogens is 333 g/mol. The van der Waals surface area contributed by atoms with Crippen molar-refractivity contribution < 1.29 is 13.2 Å². The van der Waals surface area contributed by atoms with Crippen molar-refractivity contribution >= 4 is 33.2 Å². The first-order valence-corrected chi connectivity index (χ1v) is 9.22. The zero-order chi connectivity index (χ0) is 15.5. The number of benzene rings is 1. The smallest absolute Gasteiger partial charge is 0.242 e. The molecule has 0 N–H and O–H groups in total. The molecule has 1 saturated heterocycles. The van der Waals surface area contributed by atoms with E-state index in [2.05, 4.69) is 0 Å². The first-order valence-electron chi connectivity index (χ1n) is 6.87. The molecule has 118 valence electrons. The Bertz CT molecular complexity index is 586. The van der Waals surface area contributed by atoms with Gasteiger partial charge in [-0.15, -0.1) is 11.6 Å². The van der Waals surface area contributed by atoms with E-state index < -0.39 is 10.0 Å². The van der Waals surface area contributed by atoms with Crippen molar-refractivity contribution in [1.82, 2.24) is 4.31 Å². The summed E-state index contributed by atoms with van der Waals surface area (Å²) in [5.74, 6) is 0.255. The predicted molar refractivity (Wildman–Crippen MR) is 84.4 cm³/mol. The third kappa shape index (κ3) is 4.11. The Kier molecular flexibility index (Phi) is 5.91. The second-order valence-corrected chi connectivity index (χ2v) is 7.88. The number of hydrogen-bond acceptors (Lipinski definition) is 3. The van der Waals surface area contributed by atoms with E-state index in [1.54, 1.807) is 13.1 Å². The summed E-state index contributed by atoms with van der Waals surface area (Å²) < 4.78 is 32.0. The van der Waals surface area contributed by atoms with Gasteiger partial charge in [-0.1, -0.05) is 17.7 Å². The van der Waals surface area contributed by atoms with Crippen molar-refractivity contribution in [1.29, 1.82) is 0 Å². The highest BCUT2D eigenvalue weighted by atomic mass is 35.5. The number of ether oxygens (including phenoxy) is 1. The molecule has 0 bridgehead atoms. The lowest BCUT2D eigenvalue weighted by molar-refractivity contribution is 0.00858. The van der Waals surface area contributed by atoms with E-state index in [-0.39, 0.29) is 16.9 Å². The van der Waals surface area contributed by atoms with Crippen molar-refractivity contribution in [2.45, 2.75) is 36.1 Å². The summed E-state index contributed by atoms with van der Waals surface area (Å²) in [6, 6.07) is 4.64. The first kappa shape index (κ1) is 17.0. The number of rotatable bonds is 5. The second-order valence-electron chi connectivity index (χ2n) is 5.16. The van der Waals surface area contributed by atoms with Crippen molar-refractivity contribution in [3.05, 3.63) is 28.8 Å². The van der Waals surface area contributed by atoms with E-state index in [1.807, 2.05) is 0 Å². The van der Waals surface area contributed by atoms with Gasteiger partial charge in [-0.25, -0.2) is 8.42 Å². The predicted octanol–water partition coefficient (Wildman–Crippen LogP) is 3.27. The van der Waals surface area contributed by atoms with Crippen LogP contribution in [0.4, 0.5) is 0 Å². The maximum atomic E-state index is 12.5. The van der Waals surface area contributed by atoms with Gasteiger partial charge in [0.05, 0.1) is 11.0 Å². The first-order chi connectivity index (χ1) is 9.95. The zero-order valence-corrected chi connectivity index (χ0v) is 14.2. The molecule has 0 radical (unpaired) electrons. The summed E-state index contributed by atoms with van der Waals surface area (Å²) in [6.07, 6.45) is 2.99. The lowest BCUT2D eigenvalue weighted by Gasteiger charge is -2.27. The van der Waals surface area contributed by atoms with Crippen molar-refractivity contribution in [2.75, 3.05) is 20.2 Å². The number of alkyl halides is 1. The van der Waals surface area contributed by atoms with E-state index >= 15 is 0 Å². The van der Waals surface area contributed by atoms with Gasteiger partial charge in [0.1, 0.15) is 0 Å². The summed E-state index contributed by atoms with van der Waals surface area (Å²) in [6.45, 7) is 1.06. The molecule has 0 amide bonds. The van der Waals surface area contributed by atoms with Gasteiger partial charge in [-0.05, 0) is 37.0 Å². The number of sulfonamides is 1. The van der Waals surface area contributed by atoms with E-state index in [0.717, 1.165) is 24.8 Å². The largest absolute Gasteiger partial charge is 0.377 e. The lowest BCUT2D eigenvalue weighted by Crippen LogP contribution is -2.37. The molecule has 1 heterocycles. The second kappa shape index (κ2) is 7.29. The minimum atomic E-state index is -3.56. The molecule has 1 aliphatic rings. The van der Waals surface area contributed by atoms with Crippen molar-refractivity contribution in [3.63, 3.8) is 0 Å². The molecule has 7 heteroatoms. The molecule has 1 atom stereocenters. The number of likely N-dealkylation sites (N-methyl/N-ethyl adjacent to an activating group) is 1. The quantitative estimate of drug-likeness (QED) is 0.764. The molecule has 1 aromatic carbocycles. The number of nitrogens with zero attached hydrogens (tertiary/aromatic N) is 1. The molecule has 1 aliphatic heterocycles. The highest BCUT2D eigenvalue weighted by Gasteiger charge is 2.25. The molecule has 0 saturated carbocycles. The van der Waals surface area contributed by atoms with Gasteiger partial charge in [-0.2, -0.15) is 4.31 Å². The summed E-state index contributed by atoms with van der Waals surface area (Å²) in [4.78, 5) is 0.180. The third-order valence-electron chi connectivity index (χ3n) is 3.61. The Balaban J connectivity index is 2.14. The molecule has 4 nitrogen and oxygen atoms in total. The van der Waals surface area contributed by atoms with Crippen LogP contribution in [-0.4, -0.2) is 39.0 Å². The van der Waals surface area contributed by atoms with Crippen LogP contribution in [0, 0.1) is 0 Å². The van der Waals surface area contributed by atoms with Gasteiger partial charge in [0.15, 0.2) is 0 Å². The maximum Gasteiger partial charge on any atom is 0.242 e. The Morgan fingerprint density at radius 2 is 2.14 bits per heavy atom. The lowest BCUT2D eigenvalue weighted by atomic mass is 10.1. The van der Waals surface area contributed by atoms with Crippen LogP contribution >= 0.6 is 23.2 Å².